The molecule has 0 spiro atoms. The number of fused-ring (bicyclic) bond motifs is 3. The van der Waals surface area contributed by atoms with Gasteiger partial charge in [-0.1, -0.05) is 12.1 Å². The lowest BCUT2D eigenvalue weighted by Gasteiger charge is -2.06. The number of anilines is 1. The van der Waals surface area contributed by atoms with Crippen LogP contribution in [0.4, 0.5) is 5.82 Å². The van der Waals surface area contributed by atoms with Gasteiger partial charge in [-0.25, -0.2) is 9.97 Å². The van der Waals surface area contributed by atoms with Crippen molar-refractivity contribution in [3.8, 4) is 11.3 Å². The Morgan fingerprint density at radius 2 is 2.14 bits per heavy atom. The normalized spacial score (nSPS) is 11.3. The van der Waals surface area contributed by atoms with Gasteiger partial charge in [-0.15, -0.1) is 0 Å². The summed E-state index contributed by atoms with van der Waals surface area (Å²) >= 11 is 0. The number of aromatic amines is 1. The van der Waals surface area contributed by atoms with Crippen LogP contribution in [-0.4, -0.2) is 50.7 Å². The highest BCUT2D eigenvalue weighted by molar-refractivity contribution is 6.07. The Labute approximate surface area is 168 Å². The molecule has 3 aromatic heterocycles. The van der Waals surface area contributed by atoms with E-state index in [2.05, 4.69) is 25.6 Å². The summed E-state index contributed by atoms with van der Waals surface area (Å²) in [6.45, 7) is 0.685. The Kier molecular flexibility index (Phi) is 5.18. The van der Waals surface area contributed by atoms with Crippen LogP contribution >= 0.6 is 0 Å². The Hall–Kier alpha value is -3.39. The van der Waals surface area contributed by atoms with Crippen molar-refractivity contribution in [1.29, 1.82) is 0 Å². The van der Waals surface area contributed by atoms with Gasteiger partial charge in [-0.3, -0.25) is 4.79 Å². The molecule has 0 saturated carbocycles. The van der Waals surface area contributed by atoms with E-state index in [1.807, 2.05) is 42.9 Å². The minimum Gasteiger partial charge on any atom is -0.396 e. The molecule has 29 heavy (non-hydrogen) atoms. The monoisotopic (exact) mass is 392 g/mol. The minimum absolute atomic E-state index is 0.120. The predicted molar refractivity (Wildman–Crippen MR) is 114 cm³/mol. The number of nitrogens with one attached hydrogen (secondary N) is 3. The molecule has 4 rings (SSSR count). The zero-order valence-corrected chi connectivity index (χ0v) is 16.5. The molecule has 3 heterocycles. The third-order valence-electron chi connectivity index (χ3n) is 4.98. The molecule has 0 fully saturated rings. The number of imidazole rings is 1. The van der Waals surface area contributed by atoms with Crippen LogP contribution < -0.4 is 10.6 Å². The number of aromatic nitrogens is 4. The first-order chi connectivity index (χ1) is 14.1. The number of benzene rings is 1. The molecule has 0 saturated heterocycles. The number of aliphatic hydroxyl groups is 1. The molecule has 0 unspecified atom stereocenters. The number of nitrogens with zero attached hydrogens (tertiary/aromatic N) is 3. The van der Waals surface area contributed by atoms with Crippen LogP contribution in [0, 0.1) is 0 Å². The molecule has 150 valence electrons. The number of unbranched alkanes of at least 4 members (excludes halogenated alkanes) is 1. The van der Waals surface area contributed by atoms with Gasteiger partial charge in [0.1, 0.15) is 11.2 Å². The average Bonchev–Trinajstić information content (AvgIpc) is 3.34. The molecule has 0 radical (unpaired) electrons. The zero-order chi connectivity index (χ0) is 20.4. The third kappa shape index (κ3) is 3.54. The van der Waals surface area contributed by atoms with Crippen molar-refractivity contribution >= 4 is 33.8 Å². The number of H-pyrrole nitrogens is 1. The van der Waals surface area contributed by atoms with Crippen LogP contribution in [0.3, 0.4) is 0 Å². The van der Waals surface area contributed by atoms with Crippen LogP contribution in [0.2, 0.25) is 0 Å². The zero-order valence-electron chi connectivity index (χ0n) is 16.5. The molecule has 4 aromatic rings. The molecular formula is C21H24N6O2. The maximum absolute atomic E-state index is 12.4. The molecule has 8 heteroatoms. The Bertz CT molecular complexity index is 1180. The van der Waals surface area contributed by atoms with Crippen molar-refractivity contribution in [3.63, 3.8) is 0 Å². The first kappa shape index (κ1) is 18.9. The number of carbonyl (C=O) groups excluding carboxylic acids is 1. The van der Waals surface area contributed by atoms with Crippen molar-refractivity contribution in [1.82, 2.24) is 24.8 Å². The fraction of sp³-hybridized carbons (Fsp3) is 0.286. The number of hydrogen-bond donors (Lipinski definition) is 4. The molecule has 0 aliphatic heterocycles. The van der Waals surface area contributed by atoms with Crippen LogP contribution in [0.25, 0.3) is 33.3 Å². The van der Waals surface area contributed by atoms with Gasteiger partial charge in [0.25, 0.3) is 5.91 Å². The fourth-order valence-electron chi connectivity index (χ4n) is 3.50. The Morgan fingerprint density at radius 1 is 1.28 bits per heavy atom. The summed E-state index contributed by atoms with van der Waals surface area (Å²) in [5.41, 5.74) is 4.98. The maximum atomic E-state index is 12.4. The lowest BCUT2D eigenvalue weighted by molar-refractivity contribution is 0.0952. The largest absolute Gasteiger partial charge is 0.396 e. The molecule has 1 amide bonds. The lowest BCUT2D eigenvalue weighted by atomic mass is 10.1. The second-order valence-electron chi connectivity index (χ2n) is 6.98. The highest BCUT2D eigenvalue weighted by Crippen LogP contribution is 2.31. The second kappa shape index (κ2) is 7.92. The molecule has 8 nitrogen and oxygen atoms in total. The number of carbonyl (C=O) groups is 1. The predicted octanol–water partition coefficient (Wildman–Crippen LogP) is 2.66. The number of pyridine rings is 1. The summed E-state index contributed by atoms with van der Waals surface area (Å²) < 4.78 is 1.98. The van der Waals surface area contributed by atoms with Gasteiger partial charge >= 0.3 is 0 Å². The lowest BCUT2D eigenvalue weighted by Crippen LogP contribution is -2.24. The van der Waals surface area contributed by atoms with E-state index in [9.17, 15) is 4.79 Å². The van der Waals surface area contributed by atoms with Crippen LogP contribution in [0.15, 0.2) is 36.7 Å². The SMILES string of the molecule is CNc1nc2[nH]c(-c3cccc(C(=O)NCCCCO)c3)cc2c2c1ncn2C. The Morgan fingerprint density at radius 3 is 2.93 bits per heavy atom. The first-order valence-electron chi connectivity index (χ1n) is 9.63. The van der Waals surface area contributed by atoms with Gasteiger partial charge in [0, 0.05) is 43.9 Å². The number of amides is 1. The van der Waals surface area contributed by atoms with E-state index in [0.717, 1.165) is 45.6 Å². The molecule has 0 atom stereocenters. The summed E-state index contributed by atoms with van der Waals surface area (Å²) in [6, 6.07) is 9.54. The van der Waals surface area contributed by atoms with E-state index in [-0.39, 0.29) is 12.5 Å². The molecule has 0 aliphatic rings. The number of aryl methyl sites for hydroxylation is 1. The summed E-state index contributed by atoms with van der Waals surface area (Å²) in [5.74, 6) is 0.600. The third-order valence-corrected chi connectivity index (χ3v) is 4.98. The average molecular weight is 392 g/mol. The van der Waals surface area contributed by atoms with Crippen molar-refractivity contribution in [3.05, 3.63) is 42.2 Å². The summed E-state index contributed by atoms with van der Waals surface area (Å²) in [6.07, 6.45) is 3.21. The molecule has 0 aliphatic carbocycles. The fourth-order valence-corrected chi connectivity index (χ4v) is 3.50. The molecule has 1 aromatic carbocycles. The van der Waals surface area contributed by atoms with Gasteiger partial charge in [-0.05, 0) is 36.6 Å². The van der Waals surface area contributed by atoms with E-state index in [4.69, 9.17) is 5.11 Å². The number of rotatable bonds is 7. The highest BCUT2D eigenvalue weighted by Gasteiger charge is 2.15. The summed E-state index contributed by atoms with van der Waals surface area (Å²) in [7, 11) is 3.79. The molecule has 4 N–H and O–H groups in total. The van der Waals surface area contributed by atoms with Gasteiger partial charge in [0.05, 0.1) is 11.8 Å². The van der Waals surface area contributed by atoms with Gasteiger partial charge in [0.15, 0.2) is 5.82 Å². The van der Waals surface area contributed by atoms with E-state index in [1.165, 1.54) is 0 Å². The standard InChI is InChI=1S/C21H24N6O2/c1-22-20-17-18(27(2)12-24-17)15-11-16(25-19(15)26-20)13-6-5-7-14(10-13)21(29)23-8-3-4-9-28/h5-7,10-12,28H,3-4,8-9H2,1-2H3,(H,23,29)(H2,22,25,26). The van der Waals surface area contributed by atoms with Crippen molar-refractivity contribution < 1.29 is 9.90 Å². The quantitative estimate of drug-likeness (QED) is 0.362. The van der Waals surface area contributed by atoms with Crippen molar-refractivity contribution in [2.75, 3.05) is 25.5 Å². The summed E-state index contributed by atoms with van der Waals surface area (Å²) in [4.78, 5) is 24.9. The van der Waals surface area contributed by atoms with Crippen LogP contribution in [-0.2, 0) is 7.05 Å². The van der Waals surface area contributed by atoms with Crippen molar-refractivity contribution in [2.45, 2.75) is 12.8 Å². The second-order valence-corrected chi connectivity index (χ2v) is 6.98. The topological polar surface area (TPSA) is 108 Å². The van der Waals surface area contributed by atoms with E-state index < -0.39 is 0 Å². The molecule has 0 bridgehead atoms. The van der Waals surface area contributed by atoms with Crippen LogP contribution in [0.5, 0.6) is 0 Å². The van der Waals surface area contributed by atoms with Gasteiger partial charge < -0.3 is 25.3 Å². The Balaban J connectivity index is 1.69. The van der Waals surface area contributed by atoms with Crippen molar-refractivity contribution in [2.24, 2.45) is 7.05 Å². The van der Waals surface area contributed by atoms with Crippen LogP contribution in [0.1, 0.15) is 23.2 Å². The van der Waals surface area contributed by atoms with E-state index in [0.29, 0.717) is 18.5 Å². The van der Waals surface area contributed by atoms with E-state index >= 15 is 0 Å². The van der Waals surface area contributed by atoms with E-state index in [1.54, 1.807) is 12.4 Å². The first-order valence-corrected chi connectivity index (χ1v) is 9.63. The highest BCUT2D eigenvalue weighted by atomic mass is 16.3. The smallest absolute Gasteiger partial charge is 0.251 e. The summed E-state index contributed by atoms with van der Waals surface area (Å²) in [5, 5.41) is 15.8. The number of aliphatic hydroxyl groups excluding tert-OH is 1. The maximum Gasteiger partial charge on any atom is 0.251 e. The van der Waals surface area contributed by atoms with Gasteiger partial charge in [0.2, 0.25) is 0 Å². The minimum atomic E-state index is -0.120. The van der Waals surface area contributed by atoms with Gasteiger partial charge in [-0.2, -0.15) is 0 Å². The molecular weight excluding hydrogens is 368 g/mol. The number of hydrogen-bond acceptors (Lipinski definition) is 5.